The average Bonchev–Trinajstić information content (AvgIpc) is 2.28. The van der Waals surface area contributed by atoms with Gasteiger partial charge in [-0.2, -0.15) is 0 Å². The minimum Gasteiger partial charge on any atom is -0.392 e. The van der Waals surface area contributed by atoms with Crippen LogP contribution in [0.15, 0.2) is 29.2 Å². The normalized spacial score (nSPS) is 11.9. The van der Waals surface area contributed by atoms with Gasteiger partial charge in [-0.1, -0.05) is 12.2 Å². The van der Waals surface area contributed by atoms with Crippen LogP contribution in [0, 0.1) is 5.41 Å². The van der Waals surface area contributed by atoms with Crippen LogP contribution in [0.4, 0.5) is 5.69 Å². The van der Waals surface area contributed by atoms with Crippen molar-refractivity contribution in [3.05, 3.63) is 24.3 Å². The largest absolute Gasteiger partial charge is 0.392 e. The molecule has 0 aliphatic rings. The van der Waals surface area contributed by atoms with Gasteiger partial charge in [0, 0.05) is 11.9 Å². The fraction of sp³-hybridized carbons (Fsp3) is 0.333. The van der Waals surface area contributed by atoms with Crippen LogP contribution in [0.1, 0.15) is 13.8 Å². The van der Waals surface area contributed by atoms with Gasteiger partial charge in [0.1, 0.15) is 0 Å². The molecule has 0 aliphatic carbocycles. The number of hydrogen-bond donors (Lipinski definition) is 2. The van der Waals surface area contributed by atoms with Gasteiger partial charge in [-0.25, -0.2) is 8.42 Å². The number of anilines is 1. The molecule has 0 saturated carbocycles. The molecule has 7 heteroatoms. The van der Waals surface area contributed by atoms with E-state index in [2.05, 4.69) is 5.32 Å². The Bertz CT molecular complexity index is 604. The van der Waals surface area contributed by atoms with Gasteiger partial charge in [-0.05, 0) is 38.1 Å². The number of nitrogens with one attached hydrogen (secondary N) is 1. The highest BCUT2D eigenvalue weighted by molar-refractivity contribution is 7.90. The maximum absolute atomic E-state index is 12.0. The monoisotopic (exact) mass is 300 g/mol. The van der Waals surface area contributed by atoms with E-state index in [1.807, 2.05) is 0 Å². The predicted octanol–water partition coefficient (Wildman–Crippen LogP) is 1.34. The maximum atomic E-state index is 12.0. The van der Waals surface area contributed by atoms with Gasteiger partial charge < -0.3 is 11.1 Å². The van der Waals surface area contributed by atoms with Crippen LogP contribution in [0.3, 0.4) is 0 Å². The molecular formula is C12H16N2O3S2. The number of carbonyl (C=O) groups excluding carboxylic acids is 1. The Balaban J connectivity index is 2.91. The zero-order chi connectivity index (χ0) is 14.8. The fourth-order valence-corrected chi connectivity index (χ4v) is 1.91. The van der Waals surface area contributed by atoms with Crippen LogP contribution in [-0.2, 0) is 14.6 Å². The zero-order valence-corrected chi connectivity index (χ0v) is 12.6. The minimum atomic E-state index is -3.24. The van der Waals surface area contributed by atoms with Gasteiger partial charge in [0.2, 0.25) is 5.91 Å². The topological polar surface area (TPSA) is 89.3 Å². The molecule has 0 heterocycles. The van der Waals surface area contributed by atoms with Crippen molar-refractivity contribution in [2.75, 3.05) is 11.6 Å². The summed E-state index contributed by atoms with van der Waals surface area (Å²) in [6.07, 6.45) is 1.12. The first-order chi connectivity index (χ1) is 8.55. The van der Waals surface area contributed by atoms with E-state index in [1.54, 1.807) is 13.8 Å². The second kappa shape index (κ2) is 5.26. The number of benzene rings is 1. The molecule has 0 atom stereocenters. The Kier molecular flexibility index (Phi) is 4.32. The highest BCUT2D eigenvalue weighted by atomic mass is 32.2. The molecule has 1 amide bonds. The molecule has 0 radical (unpaired) electrons. The first-order valence-corrected chi connectivity index (χ1v) is 7.76. The highest BCUT2D eigenvalue weighted by Crippen LogP contribution is 2.20. The van der Waals surface area contributed by atoms with Crippen molar-refractivity contribution in [3.8, 4) is 0 Å². The van der Waals surface area contributed by atoms with E-state index in [0.29, 0.717) is 5.69 Å². The third kappa shape index (κ3) is 3.74. The van der Waals surface area contributed by atoms with E-state index >= 15 is 0 Å². The lowest BCUT2D eigenvalue weighted by molar-refractivity contribution is -0.121. The number of amides is 1. The molecule has 104 valence electrons. The van der Waals surface area contributed by atoms with Crippen molar-refractivity contribution in [2.45, 2.75) is 18.7 Å². The van der Waals surface area contributed by atoms with Crippen LogP contribution in [0.2, 0.25) is 0 Å². The van der Waals surface area contributed by atoms with Crippen molar-refractivity contribution in [3.63, 3.8) is 0 Å². The maximum Gasteiger partial charge on any atom is 0.236 e. The molecule has 1 aromatic rings. The van der Waals surface area contributed by atoms with E-state index < -0.39 is 15.3 Å². The second-order valence-corrected chi connectivity index (χ2v) is 7.20. The Labute approximate surface area is 118 Å². The molecule has 0 unspecified atom stereocenters. The van der Waals surface area contributed by atoms with E-state index in [0.717, 1.165) is 6.26 Å². The Morgan fingerprint density at radius 2 is 1.74 bits per heavy atom. The fourth-order valence-electron chi connectivity index (χ4n) is 1.18. The molecule has 0 bridgehead atoms. The summed E-state index contributed by atoms with van der Waals surface area (Å²) in [6, 6.07) is 5.89. The van der Waals surface area contributed by atoms with Gasteiger partial charge >= 0.3 is 0 Å². The van der Waals surface area contributed by atoms with Crippen molar-refractivity contribution in [2.24, 2.45) is 11.1 Å². The van der Waals surface area contributed by atoms with Crippen LogP contribution >= 0.6 is 12.2 Å². The van der Waals surface area contributed by atoms with Gasteiger partial charge in [0.15, 0.2) is 9.84 Å². The quantitative estimate of drug-likeness (QED) is 0.819. The van der Waals surface area contributed by atoms with E-state index in [1.165, 1.54) is 24.3 Å². The number of thiocarbonyl (C=S) groups is 1. The predicted molar refractivity (Wildman–Crippen MR) is 78.7 cm³/mol. The van der Waals surface area contributed by atoms with Gasteiger partial charge in [-0.15, -0.1) is 0 Å². The van der Waals surface area contributed by atoms with Crippen molar-refractivity contribution < 1.29 is 13.2 Å². The number of nitrogens with two attached hydrogens (primary N) is 1. The molecule has 0 fully saturated rings. The summed E-state index contributed by atoms with van der Waals surface area (Å²) >= 11 is 4.83. The van der Waals surface area contributed by atoms with Crippen molar-refractivity contribution >= 4 is 38.6 Å². The third-order valence-electron chi connectivity index (χ3n) is 2.72. The molecule has 1 rings (SSSR count). The Hall–Kier alpha value is -1.47. The molecule has 0 aliphatic heterocycles. The molecule has 3 N–H and O–H groups in total. The second-order valence-electron chi connectivity index (χ2n) is 4.74. The lowest BCUT2D eigenvalue weighted by Gasteiger charge is -2.21. The van der Waals surface area contributed by atoms with Crippen LogP contribution < -0.4 is 11.1 Å². The molecule has 0 aromatic heterocycles. The van der Waals surface area contributed by atoms with Crippen LogP contribution in [0.25, 0.3) is 0 Å². The zero-order valence-electron chi connectivity index (χ0n) is 10.9. The van der Waals surface area contributed by atoms with Crippen LogP contribution in [0.5, 0.6) is 0 Å². The summed E-state index contributed by atoms with van der Waals surface area (Å²) in [5.41, 5.74) is 5.02. The first-order valence-electron chi connectivity index (χ1n) is 5.46. The lowest BCUT2D eigenvalue weighted by atomic mass is 9.92. The smallest absolute Gasteiger partial charge is 0.236 e. The van der Waals surface area contributed by atoms with Gasteiger partial charge in [0.05, 0.1) is 15.3 Å². The van der Waals surface area contributed by atoms with Crippen LogP contribution in [-0.4, -0.2) is 25.6 Å². The number of carbonyl (C=O) groups is 1. The molecule has 0 spiro atoms. The summed E-state index contributed by atoms with van der Waals surface area (Å²) in [5.74, 6) is -0.341. The van der Waals surface area contributed by atoms with E-state index in [9.17, 15) is 13.2 Å². The molecular weight excluding hydrogens is 284 g/mol. The summed E-state index contributed by atoms with van der Waals surface area (Å²) in [5, 5.41) is 2.64. The average molecular weight is 300 g/mol. The Morgan fingerprint density at radius 3 is 2.11 bits per heavy atom. The molecule has 0 saturated heterocycles. The minimum absolute atomic E-state index is 0.0951. The first kappa shape index (κ1) is 15.6. The summed E-state index contributed by atoms with van der Waals surface area (Å²) in [4.78, 5) is 12.2. The lowest BCUT2D eigenvalue weighted by Crippen LogP contribution is -2.41. The SMILES string of the molecule is CC(C)(C(=O)Nc1ccc(S(C)(=O)=O)cc1)C(N)=S. The van der Waals surface area contributed by atoms with E-state index in [4.69, 9.17) is 18.0 Å². The van der Waals surface area contributed by atoms with E-state index in [-0.39, 0.29) is 15.8 Å². The summed E-state index contributed by atoms with van der Waals surface area (Å²) in [6.45, 7) is 3.24. The standard InChI is InChI=1S/C12H16N2O3S2/c1-12(2,10(13)18)11(15)14-8-4-6-9(7-5-8)19(3,16)17/h4-7H,1-3H3,(H2,13,18)(H,14,15). The molecule has 19 heavy (non-hydrogen) atoms. The third-order valence-corrected chi connectivity index (χ3v) is 4.36. The Morgan fingerprint density at radius 1 is 1.26 bits per heavy atom. The number of sulfone groups is 1. The summed E-state index contributed by atoms with van der Waals surface area (Å²) in [7, 11) is -3.24. The number of hydrogen-bond acceptors (Lipinski definition) is 4. The van der Waals surface area contributed by atoms with Gasteiger partial charge in [0.25, 0.3) is 0 Å². The highest BCUT2D eigenvalue weighted by Gasteiger charge is 2.30. The molecule has 5 nitrogen and oxygen atoms in total. The summed E-state index contributed by atoms with van der Waals surface area (Å²) < 4.78 is 22.6. The van der Waals surface area contributed by atoms with Crippen molar-refractivity contribution in [1.29, 1.82) is 0 Å². The van der Waals surface area contributed by atoms with Crippen molar-refractivity contribution in [1.82, 2.24) is 0 Å². The molecule has 1 aromatic carbocycles. The number of rotatable bonds is 4. The van der Waals surface area contributed by atoms with Gasteiger partial charge in [-0.3, -0.25) is 4.79 Å².